The van der Waals surface area contributed by atoms with Gasteiger partial charge in [0.25, 0.3) is 0 Å². The van der Waals surface area contributed by atoms with Crippen LogP contribution >= 0.6 is 0 Å². The summed E-state index contributed by atoms with van der Waals surface area (Å²) in [6.07, 6.45) is 0. The summed E-state index contributed by atoms with van der Waals surface area (Å²) in [5.74, 6) is 0. The Kier molecular flexibility index (Phi) is 11.4. The van der Waals surface area contributed by atoms with Crippen molar-refractivity contribution in [1.82, 2.24) is 14.0 Å². The number of rotatable bonds is 5. The van der Waals surface area contributed by atoms with Gasteiger partial charge in [0.15, 0.2) is 0 Å². The van der Waals surface area contributed by atoms with Gasteiger partial charge in [0.1, 0.15) is 0 Å². The van der Waals surface area contributed by atoms with Gasteiger partial charge in [-0.05, 0) is 74.1 Å². The Balaban J connectivity index is 0.000000349. The van der Waals surface area contributed by atoms with Crippen LogP contribution in [0.25, 0.3) is 54.7 Å². The second kappa shape index (κ2) is 14.7. The maximum Gasteiger partial charge on any atom is 0.0491 e. The summed E-state index contributed by atoms with van der Waals surface area (Å²) < 4.78 is 4.69. The zero-order valence-electron chi connectivity index (χ0n) is 26.3. The fourth-order valence-electron chi connectivity index (χ4n) is 5.59. The Morgan fingerprint density at radius 3 is 1.40 bits per heavy atom. The number of benzene rings is 4. The molecule has 4 aromatic carbocycles. The lowest BCUT2D eigenvalue weighted by Gasteiger charge is -2.13. The van der Waals surface area contributed by atoms with E-state index in [9.17, 15) is 0 Å². The van der Waals surface area contributed by atoms with Crippen LogP contribution in [0.4, 0.5) is 0 Å². The molecule has 0 saturated carbocycles. The minimum Gasteiger partial charge on any atom is -0.344 e. The topological polar surface area (TPSA) is 13.1 Å². The quantitative estimate of drug-likeness (QED) is 0.214. The second-order valence-corrected chi connectivity index (χ2v) is 9.42. The highest BCUT2D eigenvalue weighted by molar-refractivity contribution is 6.11. The minimum absolute atomic E-state index is 0.978. The van der Waals surface area contributed by atoms with Crippen LogP contribution in [-0.2, 0) is 13.6 Å². The van der Waals surface area contributed by atoms with E-state index in [1.54, 1.807) is 0 Å². The van der Waals surface area contributed by atoms with Crippen LogP contribution in [0.15, 0.2) is 84.9 Å². The van der Waals surface area contributed by atoms with Gasteiger partial charge in [-0.25, -0.2) is 0 Å². The largest absolute Gasteiger partial charge is 0.344 e. The third-order valence-electron chi connectivity index (χ3n) is 7.68. The summed E-state index contributed by atoms with van der Waals surface area (Å²) in [5.41, 5.74) is 7.71. The molecule has 0 aliphatic carbocycles. The fraction of sp³-hybridized carbons (Fsp3) is 0.351. The second-order valence-electron chi connectivity index (χ2n) is 9.42. The van der Waals surface area contributed by atoms with Crippen LogP contribution in [0.1, 0.15) is 55.4 Å². The third-order valence-corrected chi connectivity index (χ3v) is 7.68. The molecule has 2 heterocycles. The number of para-hydroxylation sites is 2. The van der Waals surface area contributed by atoms with E-state index in [-0.39, 0.29) is 0 Å². The summed E-state index contributed by atoms with van der Waals surface area (Å²) in [6, 6.07) is 31.1. The maximum absolute atomic E-state index is 2.41. The van der Waals surface area contributed by atoms with E-state index in [2.05, 4.69) is 134 Å². The van der Waals surface area contributed by atoms with Crippen molar-refractivity contribution < 1.29 is 0 Å². The number of fused-ring (bicyclic) bond motifs is 6. The van der Waals surface area contributed by atoms with Gasteiger partial charge in [0, 0.05) is 57.2 Å². The fourth-order valence-corrected chi connectivity index (χ4v) is 5.59. The van der Waals surface area contributed by atoms with Crippen LogP contribution in [0.5, 0.6) is 0 Å². The van der Waals surface area contributed by atoms with E-state index >= 15 is 0 Å². The maximum atomic E-state index is 2.41. The lowest BCUT2D eigenvalue weighted by atomic mass is 10.0. The van der Waals surface area contributed by atoms with Gasteiger partial charge >= 0.3 is 0 Å². The first-order chi connectivity index (χ1) is 19.6. The first kappa shape index (κ1) is 31.0. The van der Waals surface area contributed by atoms with Crippen molar-refractivity contribution in [3.05, 3.63) is 84.9 Å². The lowest BCUT2D eigenvalue weighted by molar-refractivity contribution is 0.321. The molecule has 0 saturated heterocycles. The summed E-state index contributed by atoms with van der Waals surface area (Å²) in [4.78, 5) is 2.38. The van der Waals surface area contributed by atoms with Gasteiger partial charge in [0.05, 0.1) is 0 Å². The van der Waals surface area contributed by atoms with Crippen molar-refractivity contribution in [2.75, 3.05) is 19.6 Å². The van der Waals surface area contributed by atoms with Crippen LogP contribution < -0.4 is 0 Å². The van der Waals surface area contributed by atoms with Crippen LogP contribution in [-0.4, -0.2) is 33.7 Å². The van der Waals surface area contributed by atoms with Crippen molar-refractivity contribution >= 4 is 43.6 Å². The number of hydrogen-bond acceptors (Lipinski definition) is 1. The van der Waals surface area contributed by atoms with Crippen LogP contribution in [0.2, 0.25) is 0 Å². The Labute approximate surface area is 242 Å². The predicted octanol–water partition coefficient (Wildman–Crippen LogP) is 10.5. The highest BCUT2D eigenvalue weighted by atomic mass is 15.1. The number of hydrogen-bond donors (Lipinski definition) is 0. The van der Waals surface area contributed by atoms with Crippen molar-refractivity contribution in [2.45, 2.75) is 61.9 Å². The van der Waals surface area contributed by atoms with Gasteiger partial charge in [0.2, 0.25) is 0 Å². The van der Waals surface area contributed by atoms with Crippen molar-refractivity contribution in [2.24, 2.45) is 7.05 Å². The predicted molar refractivity (Wildman–Crippen MR) is 181 cm³/mol. The molecule has 3 nitrogen and oxygen atoms in total. The lowest BCUT2D eigenvalue weighted by Crippen LogP contribution is -2.21. The molecule has 0 spiro atoms. The number of nitrogens with zero attached hydrogens (tertiary/aromatic N) is 3. The highest BCUT2D eigenvalue weighted by Gasteiger charge is 2.12. The first-order valence-corrected chi connectivity index (χ1v) is 15.3. The number of aromatic nitrogens is 2. The average molecular weight is 536 g/mol. The van der Waals surface area contributed by atoms with E-state index in [1.807, 2.05) is 27.7 Å². The molecule has 6 rings (SSSR count). The molecule has 0 radical (unpaired) electrons. The van der Waals surface area contributed by atoms with Gasteiger partial charge in [-0.2, -0.15) is 0 Å². The van der Waals surface area contributed by atoms with Crippen molar-refractivity contribution in [3.63, 3.8) is 0 Å². The molecule has 3 heteroatoms. The summed E-state index contributed by atoms with van der Waals surface area (Å²) in [5, 5.41) is 5.29. The first-order valence-electron chi connectivity index (χ1n) is 15.3. The Morgan fingerprint density at radius 2 is 0.900 bits per heavy atom. The standard InChI is InChI=1S/C27H22N2.C6H15N.2C2H6/c1-3-29-26-11-7-5-9-21(26)23-17-19(13-15-27(23)29)18-12-14-25-22(16-18)20-8-4-6-10-24(20)28(25)2;1-4-7(5-2)6-3;2*1-2/h4-17H,3H2,1-2H3;4-6H2,1-3H3;2*1-2H3. The summed E-state index contributed by atoms with van der Waals surface area (Å²) in [7, 11) is 2.15. The molecule has 40 heavy (non-hydrogen) atoms. The molecule has 0 amide bonds. The highest BCUT2D eigenvalue weighted by Crippen LogP contribution is 2.35. The molecule has 212 valence electrons. The zero-order valence-corrected chi connectivity index (χ0v) is 26.3. The van der Waals surface area contributed by atoms with Crippen molar-refractivity contribution in [1.29, 1.82) is 0 Å². The van der Waals surface area contributed by atoms with Gasteiger partial charge < -0.3 is 14.0 Å². The molecule has 2 aromatic heterocycles. The molecule has 0 fully saturated rings. The zero-order chi connectivity index (χ0) is 29.2. The molecule has 0 N–H and O–H groups in total. The summed E-state index contributed by atoms with van der Waals surface area (Å²) in [6.45, 7) is 21.3. The SMILES string of the molecule is CC.CC.CCN(CC)CC.CCn1c2ccccc2c2cc(-c3ccc4c(c3)c3ccccc3n4C)ccc21. The smallest absolute Gasteiger partial charge is 0.0491 e. The average Bonchev–Trinajstić information content (AvgIpc) is 3.51. The van der Waals surface area contributed by atoms with E-state index in [4.69, 9.17) is 0 Å². The third kappa shape index (κ3) is 5.95. The van der Waals surface area contributed by atoms with Gasteiger partial charge in [-0.15, -0.1) is 0 Å². The van der Waals surface area contributed by atoms with Gasteiger partial charge in [-0.1, -0.05) is 97.0 Å². The molecule has 0 unspecified atom stereocenters. The molecule has 0 aliphatic rings. The Morgan fingerprint density at radius 1 is 0.500 bits per heavy atom. The summed E-state index contributed by atoms with van der Waals surface area (Å²) >= 11 is 0. The normalized spacial score (nSPS) is 10.8. The molecular weight excluding hydrogens is 486 g/mol. The van der Waals surface area contributed by atoms with Crippen LogP contribution in [0, 0.1) is 0 Å². The van der Waals surface area contributed by atoms with E-state index < -0.39 is 0 Å². The number of aryl methyl sites for hydroxylation is 2. The van der Waals surface area contributed by atoms with Crippen LogP contribution in [0.3, 0.4) is 0 Å². The Hall–Kier alpha value is -3.56. The van der Waals surface area contributed by atoms with E-state index in [1.165, 1.54) is 74.4 Å². The minimum atomic E-state index is 0.978. The molecule has 0 bridgehead atoms. The Bertz CT molecular complexity index is 1640. The van der Waals surface area contributed by atoms with E-state index in [0.717, 1.165) is 6.54 Å². The van der Waals surface area contributed by atoms with E-state index in [0.29, 0.717) is 0 Å². The van der Waals surface area contributed by atoms with Crippen molar-refractivity contribution in [3.8, 4) is 11.1 Å². The molecule has 0 atom stereocenters. The van der Waals surface area contributed by atoms with Gasteiger partial charge in [-0.3, -0.25) is 0 Å². The molecule has 0 aliphatic heterocycles. The molecule has 6 aromatic rings. The monoisotopic (exact) mass is 535 g/mol. The molecular formula is C37H49N3.